The highest BCUT2D eigenvalue weighted by Crippen LogP contribution is 2.45. The minimum absolute atomic E-state index is 0.0304. The number of rotatable bonds is 26. The SMILES string of the molecule is CCC(O)C(CC)(c1ccc(C#N)cc1)n1ccc2c(NS(C)(=O)=O)cccc21.CCC(O)C(CC)(c1ccc(C(F)(F)F)cc1)n1ncc2c(NS(C)(=O)=O)cc(F)cc21.CCC(c1ccc(C#N)cc1)(C(C)O)n1ncc2c(NS(C)(=O)=O)cc(F)cc21.CCC(c1ccc(C#N)cc1)(C(C)O)n1ncc2c(NS(C)(=O)=O)cccc21. The molecule has 0 saturated heterocycles. The fourth-order valence-electron chi connectivity index (χ4n) is 15.5. The van der Waals surface area contributed by atoms with Crippen LogP contribution in [0, 0.1) is 45.6 Å². The Morgan fingerprint density at radius 3 is 1.03 bits per heavy atom. The molecule has 0 spiro atoms. The van der Waals surface area contributed by atoms with E-state index in [1.165, 1.54) is 40.0 Å². The van der Waals surface area contributed by atoms with Crippen molar-refractivity contribution in [2.75, 3.05) is 43.9 Å². The fraction of sp³-hybridized carbons (Fsp3) is 0.325. The molecule has 12 rings (SSSR count). The van der Waals surface area contributed by atoms with Crippen LogP contribution in [-0.4, -0.2) is 137 Å². The number of nitrogens with zero attached hydrogens (tertiary/aromatic N) is 10. The lowest BCUT2D eigenvalue weighted by Crippen LogP contribution is -2.46. The second-order valence-corrected chi connectivity index (χ2v) is 35.5. The van der Waals surface area contributed by atoms with Crippen LogP contribution in [0.2, 0.25) is 0 Å². The number of hydrogen-bond donors (Lipinski definition) is 8. The van der Waals surface area contributed by atoms with Crippen LogP contribution >= 0.6 is 0 Å². The summed E-state index contributed by atoms with van der Waals surface area (Å²) in [4.78, 5) is 0. The molecule has 0 fully saturated rings. The predicted molar refractivity (Wildman–Crippen MR) is 445 cm³/mol. The van der Waals surface area contributed by atoms with Gasteiger partial charge in [0.25, 0.3) is 0 Å². The zero-order valence-corrected chi connectivity index (χ0v) is 69.8. The van der Waals surface area contributed by atoms with E-state index in [-0.39, 0.29) is 35.1 Å². The molecule has 8 aromatic carbocycles. The van der Waals surface area contributed by atoms with Crippen LogP contribution in [0.25, 0.3) is 43.6 Å². The van der Waals surface area contributed by atoms with E-state index in [9.17, 15) is 76.0 Å². The zero-order chi connectivity index (χ0) is 87.1. The van der Waals surface area contributed by atoms with Crippen molar-refractivity contribution in [3.8, 4) is 18.2 Å². The molecule has 0 radical (unpaired) electrons. The molecule has 26 nitrogen and oxygen atoms in total. The van der Waals surface area contributed by atoms with Crippen molar-refractivity contribution in [1.82, 2.24) is 33.9 Å². The first-order valence-corrected chi connectivity index (χ1v) is 44.8. The van der Waals surface area contributed by atoms with Gasteiger partial charge in [0.1, 0.15) is 28.3 Å². The number of halogens is 5. The van der Waals surface area contributed by atoms with Crippen LogP contribution < -0.4 is 18.9 Å². The lowest BCUT2D eigenvalue weighted by atomic mass is 9.80. The van der Waals surface area contributed by atoms with Crippen molar-refractivity contribution in [1.29, 1.82) is 15.8 Å². The van der Waals surface area contributed by atoms with Crippen LogP contribution in [0.1, 0.15) is 138 Å². The first-order chi connectivity index (χ1) is 55.4. The van der Waals surface area contributed by atoms with Crippen molar-refractivity contribution in [3.05, 3.63) is 245 Å². The Balaban J connectivity index is 0.000000180. The standard InChI is InChI=1S/C22H25N3O3S.C21H23F4N3O3S.C20H21FN4O3S.C20H22N4O3S/c1-4-21(26)22(5-2,17-11-9-16(15-23)10-12-17)25-14-13-18-19(24-29(3,27)28)7-6-8-20(18)25;1-4-19(29)20(5-2,13-6-8-14(9-7-13)21(23,24)25)28-18-11-15(22)10-17(16(18)12-26-28)27-32(3,30)31;1-4-20(13(2)26,15-7-5-14(11-22)6-8-15)25-19-10-16(21)9-18(17(19)12-23-25)24-29(3,27)28;1-4-20(14(2)25,16-10-8-15(12-21)9-11-16)24-19-7-5-6-18(17(19)13-22-24)23-28(3,26)27/h6-14,21,24,26H,4-5H2,1-3H3;6-12,19,27,29H,4-5H2,1-3H3;5-10,12-13,24,26H,4H2,1-3H3;5-11,13-14,23,25H,4H2,1-3H3. The molecular weight excluding hydrogens is 1610 g/mol. The molecule has 0 amide bonds. The molecule has 0 aliphatic carbocycles. The van der Waals surface area contributed by atoms with Gasteiger partial charge < -0.3 is 25.0 Å². The monoisotopic (exact) mass is 1700 g/mol. The number of sulfonamides is 4. The molecule has 0 bridgehead atoms. The summed E-state index contributed by atoms with van der Waals surface area (Å²) in [6.45, 7) is 14.5. The molecule has 35 heteroatoms. The number of aliphatic hydroxyl groups excluding tert-OH is 4. The minimum Gasteiger partial charge on any atom is -0.391 e. The molecule has 4 heterocycles. The molecular formula is C83H91F5N14O12S4. The largest absolute Gasteiger partial charge is 0.416 e. The number of aromatic nitrogens is 7. The number of alkyl halides is 3. The second kappa shape index (κ2) is 35.9. The Hall–Kier alpha value is -11.3. The normalized spacial score (nSPS) is 15.1. The van der Waals surface area contributed by atoms with Crippen LogP contribution in [0.15, 0.2) is 189 Å². The topological polar surface area (TPSA) is 395 Å². The second-order valence-electron chi connectivity index (χ2n) is 28.6. The van der Waals surface area contributed by atoms with Gasteiger partial charge in [-0.05, 0) is 178 Å². The summed E-state index contributed by atoms with van der Waals surface area (Å²) in [6, 6.07) is 48.8. The van der Waals surface area contributed by atoms with Gasteiger partial charge in [-0.25, -0.2) is 42.5 Å². The molecule has 624 valence electrons. The van der Waals surface area contributed by atoms with Crippen LogP contribution in [-0.2, 0) is 68.4 Å². The summed E-state index contributed by atoms with van der Waals surface area (Å²) in [5.74, 6) is -1.38. The number of aliphatic hydroxyl groups is 4. The van der Waals surface area contributed by atoms with E-state index in [1.807, 2.05) is 80.9 Å². The third kappa shape index (κ3) is 18.8. The maximum absolute atomic E-state index is 14.4. The summed E-state index contributed by atoms with van der Waals surface area (Å²) in [5.41, 5.74) is 2.49. The van der Waals surface area contributed by atoms with Gasteiger partial charge in [-0.15, -0.1) is 0 Å². The molecule has 8 N–H and O–H groups in total. The van der Waals surface area contributed by atoms with Crippen LogP contribution in [0.4, 0.5) is 44.7 Å². The van der Waals surface area contributed by atoms with Gasteiger partial charge in [0.2, 0.25) is 40.1 Å². The Morgan fingerprint density at radius 2 is 0.686 bits per heavy atom. The van der Waals surface area contributed by atoms with Crippen molar-refractivity contribution in [2.24, 2.45) is 0 Å². The van der Waals surface area contributed by atoms with E-state index < -0.39 is 110 Å². The summed E-state index contributed by atoms with van der Waals surface area (Å²) in [5, 5.41) is 86.3. The molecule has 8 unspecified atom stereocenters. The average molecular weight is 1700 g/mol. The first kappa shape index (κ1) is 90.6. The van der Waals surface area contributed by atoms with E-state index in [1.54, 1.807) is 111 Å². The highest BCUT2D eigenvalue weighted by molar-refractivity contribution is 7.92. The third-order valence-corrected chi connectivity index (χ3v) is 23.4. The number of nitrogens with one attached hydrogen (secondary N) is 4. The highest BCUT2D eigenvalue weighted by Gasteiger charge is 2.45. The van der Waals surface area contributed by atoms with Gasteiger partial charge in [0.15, 0.2) is 0 Å². The van der Waals surface area contributed by atoms with Gasteiger partial charge in [-0.1, -0.05) is 102 Å². The lowest BCUT2D eigenvalue weighted by Gasteiger charge is -2.40. The first-order valence-electron chi connectivity index (χ1n) is 37.2. The number of fused-ring (bicyclic) bond motifs is 4. The van der Waals surface area contributed by atoms with Gasteiger partial charge in [-0.3, -0.25) is 32.9 Å². The van der Waals surface area contributed by atoms with Gasteiger partial charge in [-0.2, -0.15) is 44.3 Å². The van der Waals surface area contributed by atoms with Crippen LogP contribution in [0.3, 0.4) is 0 Å². The summed E-state index contributed by atoms with van der Waals surface area (Å²) in [7, 11) is -14.2. The van der Waals surface area contributed by atoms with Crippen molar-refractivity contribution in [3.63, 3.8) is 0 Å². The van der Waals surface area contributed by atoms with Crippen molar-refractivity contribution < 1.29 is 76.0 Å². The van der Waals surface area contributed by atoms with Gasteiger partial charge in [0, 0.05) is 27.7 Å². The van der Waals surface area contributed by atoms with E-state index in [2.05, 4.69) is 52.4 Å². The van der Waals surface area contributed by atoms with E-state index in [0.717, 1.165) is 77.4 Å². The quantitative estimate of drug-likeness (QED) is 0.0233. The molecule has 0 aliphatic heterocycles. The van der Waals surface area contributed by atoms with E-state index >= 15 is 0 Å². The Labute approximate surface area is 681 Å². The number of nitriles is 3. The number of benzene rings is 8. The predicted octanol–water partition coefficient (Wildman–Crippen LogP) is 14.1. The van der Waals surface area contributed by atoms with Gasteiger partial charge >= 0.3 is 6.18 Å². The van der Waals surface area contributed by atoms with Gasteiger partial charge in [0.05, 0.1) is 159 Å². The molecule has 12 aromatic rings. The molecule has 0 saturated carbocycles. The molecule has 4 aromatic heterocycles. The summed E-state index contributed by atoms with van der Waals surface area (Å²) < 4.78 is 178. The minimum atomic E-state index is -4.52. The highest BCUT2D eigenvalue weighted by atomic mass is 32.2. The summed E-state index contributed by atoms with van der Waals surface area (Å²) in [6.07, 6.45) is 4.95. The Kier molecular flexibility index (Phi) is 27.5. The summed E-state index contributed by atoms with van der Waals surface area (Å²) >= 11 is 0. The maximum atomic E-state index is 14.4. The Bertz CT molecular complexity index is 6250. The van der Waals surface area contributed by atoms with E-state index in [0.29, 0.717) is 86.7 Å². The molecule has 8 atom stereocenters. The average Bonchev–Trinajstić information content (AvgIpc) is 1.55. The number of anilines is 4. The zero-order valence-electron chi connectivity index (χ0n) is 66.5. The third-order valence-electron chi connectivity index (χ3n) is 21.1. The Morgan fingerprint density at radius 1 is 0.390 bits per heavy atom. The number of hydrogen-bond acceptors (Lipinski definition) is 18. The fourth-order valence-corrected chi connectivity index (χ4v) is 17.8. The van der Waals surface area contributed by atoms with E-state index in [4.69, 9.17) is 15.8 Å². The van der Waals surface area contributed by atoms with Crippen molar-refractivity contribution in [2.45, 2.75) is 147 Å². The molecule has 118 heavy (non-hydrogen) atoms. The maximum Gasteiger partial charge on any atom is 0.416 e. The lowest BCUT2D eigenvalue weighted by molar-refractivity contribution is -0.137. The smallest absolute Gasteiger partial charge is 0.391 e. The van der Waals surface area contributed by atoms with Crippen molar-refractivity contribution >= 4 is 106 Å². The van der Waals surface area contributed by atoms with Crippen LogP contribution in [0.5, 0.6) is 0 Å². The molecule has 0 aliphatic rings.